The quantitative estimate of drug-likeness (QED) is 0.835. The van der Waals surface area contributed by atoms with Crippen molar-refractivity contribution in [1.82, 2.24) is 0 Å². The minimum Gasteiger partial charge on any atom is -0.302 e. The molecule has 0 spiro atoms. The van der Waals surface area contributed by atoms with Gasteiger partial charge in [0.25, 0.3) is 0 Å². The Morgan fingerprint density at radius 3 is 2.18 bits per heavy atom. The Labute approximate surface area is 99.2 Å². The number of hydrogen-bond acceptors (Lipinski definition) is 1. The van der Waals surface area contributed by atoms with Crippen molar-refractivity contribution in [1.29, 1.82) is 0 Å². The summed E-state index contributed by atoms with van der Waals surface area (Å²) in [6.45, 7) is 0. The van der Waals surface area contributed by atoms with E-state index in [0.29, 0.717) is 5.56 Å². The van der Waals surface area contributed by atoms with E-state index < -0.39 is 22.7 Å². The van der Waals surface area contributed by atoms with Gasteiger partial charge < -0.3 is 4.55 Å². The molecule has 1 N–H and O–H groups in total. The maximum atomic E-state index is 13.4. The number of hydrogen-bond donors (Lipinski definition) is 1. The Morgan fingerprint density at radius 1 is 1.00 bits per heavy atom. The van der Waals surface area contributed by atoms with Crippen molar-refractivity contribution >= 4 is 11.1 Å². The van der Waals surface area contributed by atoms with Crippen LogP contribution in [0, 0.1) is 11.6 Å². The van der Waals surface area contributed by atoms with Gasteiger partial charge in [0.1, 0.15) is 11.6 Å². The van der Waals surface area contributed by atoms with Gasteiger partial charge in [-0.2, -0.15) is 0 Å². The third-order valence-electron chi connectivity index (χ3n) is 2.30. The van der Waals surface area contributed by atoms with E-state index in [2.05, 4.69) is 0 Å². The van der Waals surface area contributed by atoms with Gasteiger partial charge in [0.2, 0.25) is 0 Å². The molecule has 0 saturated carbocycles. The molecule has 2 nitrogen and oxygen atoms in total. The zero-order valence-corrected chi connectivity index (χ0v) is 9.38. The summed E-state index contributed by atoms with van der Waals surface area (Å²) < 4.78 is 45.7. The summed E-state index contributed by atoms with van der Waals surface area (Å²) in [7, 11) is 0. The zero-order chi connectivity index (χ0) is 12.4. The van der Waals surface area contributed by atoms with Gasteiger partial charge in [-0.15, -0.1) is 0 Å². The number of rotatable bonds is 2. The van der Waals surface area contributed by atoms with Crippen molar-refractivity contribution in [3.63, 3.8) is 0 Å². The normalized spacial score (nSPS) is 12.4. The predicted octanol–water partition coefficient (Wildman–Crippen LogP) is 3.21. The molecule has 0 saturated heterocycles. The van der Waals surface area contributed by atoms with Gasteiger partial charge in [0.05, 0.1) is 4.90 Å². The molecule has 2 aromatic rings. The number of halogens is 2. The van der Waals surface area contributed by atoms with Gasteiger partial charge in [0, 0.05) is 11.6 Å². The first-order valence-corrected chi connectivity index (χ1v) is 5.85. The standard InChI is InChI=1S/C12H8F2O2S/c13-9-3-6-11(12(14)7-9)8-1-4-10(5-2-8)17(15)16/h1-7H,(H,15,16). The highest BCUT2D eigenvalue weighted by atomic mass is 32.2. The third-order valence-corrected chi connectivity index (χ3v) is 2.97. The van der Waals surface area contributed by atoms with E-state index in [1.807, 2.05) is 0 Å². The topological polar surface area (TPSA) is 37.3 Å². The first-order chi connectivity index (χ1) is 8.08. The summed E-state index contributed by atoms with van der Waals surface area (Å²) in [5.41, 5.74) is 0.776. The lowest BCUT2D eigenvalue weighted by molar-refractivity contribution is 0.564. The molecule has 2 aromatic carbocycles. The van der Waals surface area contributed by atoms with Crippen LogP contribution in [0.3, 0.4) is 0 Å². The van der Waals surface area contributed by atoms with Gasteiger partial charge in [-0.05, 0) is 29.8 Å². The Kier molecular flexibility index (Phi) is 3.31. The molecule has 0 amide bonds. The maximum Gasteiger partial charge on any atom is 0.186 e. The number of benzene rings is 2. The second kappa shape index (κ2) is 4.73. The van der Waals surface area contributed by atoms with Crippen LogP contribution in [0.2, 0.25) is 0 Å². The smallest absolute Gasteiger partial charge is 0.186 e. The first kappa shape index (κ1) is 11.9. The first-order valence-electron chi connectivity index (χ1n) is 4.74. The van der Waals surface area contributed by atoms with Crippen LogP contribution < -0.4 is 0 Å². The van der Waals surface area contributed by atoms with Crippen LogP contribution in [0.15, 0.2) is 47.4 Å². The van der Waals surface area contributed by atoms with Crippen molar-refractivity contribution in [2.75, 3.05) is 0 Å². The Morgan fingerprint density at radius 2 is 1.65 bits per heavy atom. The van der Waals surface area contributed by atoms with Crippen molar-refractivity contribution in [3.8, 4) is 11.1 Å². The van der Waals surface area contributed by atoms with Crippen LogP contribution >= 0.6 is 0 Å². The third kappa shape index (κ3) is 2.57. The summed E-state index contributed by atoms with van der Waals surface area (Å²) in [4.78, 5) is 0.233. The fourth-order valence-electron chi connectivity index (χ4n) is 1.47. The van der Waals surface area contributed by atoms with E-state index in [0.717, 1.165) is 12.1 Å². The Bertz CT molecular complexity index is 567. The molecule has 88 valence electrons. The molecule has 0 heterocycles. The molecule has 0 aliphatic rings. The zero-order valence-electron chi connectivity index (χ0n) is 8.56. The van der Waals surface area contributed by atoms with Crippen molar-refractivity contribution in [2.24, 2.45) is 0 Å². The molecule has 0 aliphatic heterocycles. The van der Waals surface area contributed by atoms with Crippen LogP contribution in [0.1, 0.15) is 0 Å². The molecule has 1 atom stereocenters. The lowest BCUT2D eigenvalue weighted by Crippen LogP contribution is -1.89. The average Bonchev–Trinajstić information content (AvgIpc) is 2.29. The molecule has 17 heavy (non-hydrogen) atoms. The van der Waals surface area contributed by atoms with E-state index in [1.54, 1.807) is 0 Å². The van der Waals surface area contributed by atoms with Crippen LogP contribution in [0.4, 0.5) is 8.78 Å². The van der Waals surface area contributed by atoms with Gasteiger partial charge >= 0.3 is 0 Å². The fraction of sp³-hybridized carbons (Fsp3) is 0. The average molecular weight is 254 g/mol. The highest BCUT2D eigenvalue weighted by Gasteiger charge is 2.07. The minimum atomic E-state index is -2.06. The molecule has 1 unspecified atom stereocenters. The van der Waals surface area contributed by atoms with Crippen LogP contribution in [-0.2, 0) is 11.1 Å². The van der Waals surface area contributed by atoms with Crippen LogP contribution in [0.5, 0.6) is 0 Å². The minimum absolute atomic E-state index is 0.233. The van der Waals surface area contributed by atoms with E-state index in [-0.39, 0.29) is 10.5 Å². The van der Waals surface area contributed by atoms with Crippen LogP contribution in [-0.4, -0.2) is 8.76 Å². The second-order valence-electron chi connectivity index (χ2n) is 3.40. The Balaban J connectivity index is 2.43. The molecule has 2 rings (SSSR count). The van der Waals surface area contributed by atoms with E-state index in [9.17, 15) is 13.0 Å². The molecule has 0 bridgehead atoms. The molecule has 5 heteroatoms. The molecular formula is C12H8F2O2S. The van der Waals surface area contributed by atoms with E-state index in [4.69, 9.17) is 4.55 Å². The summed E-state index contributed by atoms with van der Waals surface area (Å²) in [5.74, 6) is -1.30. The van der Waals surface area contributed by atoms with Gasteiger partial charge in [0.15, 0.2) is 11.1 Å². The molecule has 0 aromatic heterocycles. The second-order valence-corrected chi connectivity index (χ2v) is 4.37. The van der Waals surface area contributed by atoms with Gasteiger partial charge in [-0.3, -0.25) is 0 Å². The lowest BCUT2D eigenvalue weighted by atomic mass is 10.1. The summed E-state index contributed by atoms with van der Waals surface area (Å²) in [5, 5.41) is 0. The highest BCUT2D eigenvalue weighted by Crippen LogP contribution is 2.24. The highest BCUT2D eigenvalue weighted by molar-refractivity contribution is 7.79. The van der Waals surface area contributed by atoms with Gasteiger partial charge in [-0.25, -0.2) is 13.0 Å². The summed E-state index contributed by atoms with van der Waals surface area (Å²) in [6, 6.07) is 9.17. The molecule has 0 fully saturated rings. The largest absolute Gasteiger partial charge is 0.302 e. The lowest BCUT2D eigenvalue weighted by Gasteiger charge is -2.04. The van der Waals surface area contributed by atoms with Crippen molar-refractivity contribution < 1.29 is 17.5 Å². The molecular weight excluding hydrogens is 246 g/mol. The van der Waals surface area contributed by atoms with E-state index in [1.165, 1.54) is 30.3 Å². The fourth-order valence-corrected chi connectivity index (χ4v) is 1.84. The van der Waals surface area contributed by atoms with Gasteiger partial charge in [-0.1, -0.05) is 12.1 Å². The Hall–Kier alpha value is -1.59. The van der Waals surface area contributed by atoms with Crippen molar-refractivity contribution in [2.45, 2.75) is 4.90 Å². The van der Waals surface area contributed by atoms with E-state index >= 15 is 0 Å². The van der Waals surface area contributed by atoms with Crippen molar-refractivity contribution in [3.05, 3.63) is 54.1 Å². The maximum absolute atomic E-state index is 13.4. The summed E-state index contributed by atoms with van der Waals surface area (Å²) in [6.07, 6.45) is 0. The molecule has 0 aliphatic carbocycles. The summed E-state index contributed by atoms with van der Waals surface area (Å²) >= 11 is -2.06. The predicted molar refractivity (Wildman–Crippen MR) is 60.8 cm³/mol. The monoisotopic (exact) mass is 254 g/mol. The molecule has 0 radical (unpaired) electrons. The SMILES string of the molecule is O=S(O)c1ccc(-c2ccc(F)cc2F)cc1. The van der Waals surface area contributed by atoms with Crippen LogP contribution in [0.25, 0.3) is 11.1 Å².